The van der Waals surface area contributed by atoms with Crippen molar-refractivity contribution in [2.75, 3.05) is 12.3 Å². The maximum atomic E-state index is 12.1. The van der Waals surface area contributed by atoms with Crippen LogP contribution in [0.15, 0.2) is 46.3 Å². The number of anilines is 1. The molecule has 0 spiro atoms. The second kappa shape index (κ2) is 5.72. The molecule has 0 saturated carbocycles. The van der Waals surface area contributed by atoms with Gasteiger partial charge in [0.15, 0.2) is 0 Å². The average molecular weight is 345 g/mol. The van der Waals surface area contributed by atoms with Crippen molar-refractivity contribution in [2.45, 2.75) is 11.4 Å². The molecule has 0 aliphatic heterocycles. The number of nitrogen functional groups attached to an aromatic ring is 1. The summed E-state index contributed by atoms with van der Waals surface area (Å²) in [7, 11) is -3.55. The number of hydrogen-bond acceptors (Lipinski definition) is 4. The third-order valence-corrected chi connectivity index (χ3v) is 4.90. The Morgan fingerprint density at radius 1 is 1.42 bits per heavy atom. The van der Waals surface area contributed by atoms with Gasteiger partial charge >= 0.3 is 0 Å². The van der Waals surface area contributed by atoms with Gasteiger partial charge in [-0.1, -0.05) is 0 Å². The quantitative estimate of drug-likeness (QED) is 0.797. The van der Waals surface area contributed by atoms with Crippen LogP contribution >= 0.6 is 15.9 Å². The minimum Gasteiger partial charge on any atom is -0.399 e. The molecule has 0 atom stereocenters. The number of nitrogens with two attached hydrogens (primary N) is 1. The molecule has 6 nitrogen and oxygen atoms in total. The van der Waals surface area contributed by atoms with Crippen molar-refractivity contribution in [1.82, 2.24) is 14.3 Å². The van der Waals surface area contributed by atoms with Gasteiger partial charge in [-0.25, -0.2) is 18.1 Å². The van der Waals surface area contributed by atoms with E-state index in [1.807, 2.05) is 0 Å². The van der Waals surface area contributed by atoms with Crippen LogP contribution in [0.5, 0.6) is 0 Å². The summed E-state index contributed by atoms with van der Waals surface area (Å²) in [6.07, 6.45) is 5.05. The molecule has 0 unspecified atom stereocenters. The van der Waals surface area contributed by atoms with Gasteiger partial charge in [0.05, 0.1) is 11.2 Å². The van der Waals surface area contributed by atoms with E-state index < -0.39 is 10.0 Å². The Labute approximate surface area is 119 Å². The summed E-state index contributed by atoms with van der Waals surface area (Å²) in [5.74, 6) is 0. The summed E-state index contributed by atoms with van der Waals surface area (Å²) < 4.78 is 28.9. The van der Waals surface area contributed by atoms with Crippen LogP contribution in [0, 0.1) is 0 Å². The van der Waals surface area contributed by atoms with Gasteiger partial charge in [-0.05, 0) is 34.1 Å². The van der Waals surface area contributed by atoms with Gasteiger partial charge in [0.1, 0.15) is 0 Å². The first kappa shape index (κ1) is 14.0. The minimum absolute atomic E-state index is 0.173. The highest BCUT2D eigenvalue weighted by Crippen LogP contribution is 2.23. The summed E-state index contributed by atoms with van der Waals surface area (Å²) in [6, 6.07) is 4.58. The van der Waals surface area contributed by atoms with Crippen LogP contribution in [-0.4, -0.2) is 24.5 Å². The van der Waals surface area contributed by atoms with E-state index >= 15 is 0 Å². The Hall–Kier alpha value is -1.38. The van der Waals surface area contributed by atoms with Crippen LogP contribution in [0.2, 0.25) is 0 Å². The average Bonchev–Trinajstić information content (AvgIpc) is 2.81. The molecule has 1 aromatic heterocycles. The van der Waals surface area contributed by atoms with Crippen molar-refractivity contribution < 1.29 is 8.42 Å². The van der Waals surface area contributed by atoms with E-state index in [9.17, 15) is 8.42 Å². The molecule has 0 radical (unpaired) electrons. The monoisotopic (exact) mass is 344 g/mol. The van der Waals surface area contributed by atoms with E-state index in [2.05, 4.69) is 25.6 Å². The van der Waals surface area contributed by atoms with E-state index in [4.69, 9.17) is 5.73 Å². The van der Waals surface area contributed by atoms with Crippen molar-refractivity contribution in [3.05, 3.63) is 41.4 Å². The fourth-order valence-electron chi connectivity index (χ4n) is 1.54. The highest BCUT2D eigenvalue weighted by molar-refractivity contribution is 9.10. The SMILES string of the molecule is Nc1ccc(S(=O)(=O)NCCn2ccnc2)c(Br)c1. The molecule has 8 heteroatoms. The summed E-state index contributed by atoms with van der Waals surface area (Å²) >= 11 is 3.20. The minimum atomic E-state index is -3.55. The lowest BCUT2D eigenvalue weighted by Gasteiger charge is -2.09. The molecular weight excluding hydrogens is 332 g/mol. The molecule has 0 bridgehead atoms. The standard InChI is InChI=1S/C11H13BrN4O2S/c12-10-7-9(13)1-2-11(10)19(17,18)15-4-6-16-5-3-14-8-16/h1-3,5,7-8,15H,4,6,13H2. The maximum Gasteiger partial charge on any atom is 0.241 e. The zero-order valence-corrected chi connectivity index (χ0v) is 12.4. The highest BCUT2D eigenvalue weighted by Gasteiger charge is 2.16. The Bertz CT molecular complexity index is 655. The zero-order valence-electron chi connectivity index (χ0n) is 9.95. The van der Waals surface area contributed by atoms with Crippen molar-refractivity contribution in [2.24, 2.45) is 0 Å². The summed E-state index contributed by atoms with van der Waals surface area (Å²) in [6.45, 7) is 0.807. The largest absolute Gasteiger partial charge is 0.399 e. The van der Waals surface area contributed by atoms with Crippen LogP contribution in [-0.2, 0) is 16.6 Å². The van der Waals surface area contributed by atoms with Crippen LogP contribution in [0.1, 0.15) is 0 Å². The summed E-state index contributed by atoms with van der Waals surface area (Å²) in [5, 5.41) is 0. The zero-order chi connectivity index (χ0) is 13.9. The van der Waals surface area contributed by atoms with Gasteiger partial charge in [-0.3, -0.25) is 0 Å². The molecule has 0 aliphatic rings. The van der Waals surface area contributed by atoms with Crippen molar-refractivity contribution in [3.63, 3.8) is 0 Å². The molecular formula is C11H13BrN4O2S. The van der Waals surface area contributed by atoms with Gasteiger partial charge in [-0.15, -0.1) is 0 Å². The number of benzene rings is 1. The number of halogens is 1. The topological polar surface area (TPSA) is 90.0 Å². The molecule has 3 N–H and O–H groups in total. The molecule has 19 heavy (non-hydrogen) atoms. The first-order valence-electron chi connectivity index (χ1n) is 5.49. The molecule has 1 aromatic carbocycles. The maximum absolute atomic E-state index is 12.1. The number of sulfonamides is 1. The Morgan fingerprint density at radius 2 is 2.21 bits per heavy atom. The third kappa shape index (κ3) is 3.55. The third-order valence-electron chi connectivity index (χ3n) is 2.47. The second-order valence-electron chi connectivity index (χ2n) is 3.89. The number of nitrogens with one attached hydrogen (secondary N) is 1. The number of rotatable bonds is 5. The fraction of sp³-hybridized carbons (Fsp3) is 0.182. The summed E-state index contributed by atoms with van der Waals surface area (Å²) in [5.41, 5.74) is 6.08. The van der Waals surface area contributed by atoms with Crippen LogP contribution in [0.25, 0.3) is 0 Å². The number of nitrogens with zero attached hydrogens (tertiary/aromatic N) is 2. The van der Waals surface area contributed by atoms with E-state index in [-0.39, 0.29) is 11.4 Å². The van der Waals surface area contributed by atoms with Gasteiger partial charge in [0.2, 0.25) is 10.0 Å². The van der Waals surface area contributed by atoms with Crippen LogP contribution < -0.4 is 10.5 Å². The van der Waals surface area contributed by atoms with Gasteiger partial charge in [0.25, 0.3) is 0 Å². The van der Waals surface area contributed by atoms with Gasteiger partial charge in [-0.2, -0.15) is 0 Å². The normalized spacial score (nSPS) is 11.6. The first-order valence-corrected chi connectivity index (χ1v) is 7.77. The van der Waals surface area contributed by atoms with E-state index in [0.717, 1.165) is 0 Å². The Morgan fingerprint density at radius 3 is 2.84 bits per heavy atom. The lowest BCUT2D eigenvalue weighted by atomic mass is 10.3. The predicted molar refractivity (Wildman–Crippen MR) is 76.0 cm³/mol. The Balaban J connectivity index is 2.05. The van der Waals surface area contributed by atoms with Crippen molar-refractivity contribution >= 4 is 31.6 Å². The van der Waals surface area contributed by atoms with E-state index in [1.54, 1.807) is 35.4 Å². The molecule has 2 rings (SSSR count). The highest BCUT2D eigenvalue weighted by atomic mass is 79.9. The molecule has 2 aromatic rings. The van der Waals surface area contributed by atoms with Gasteiger partial charge < -0.3 is 10.3 Å². The molecule has 102 valence electrons. The molecule has 0 aliphatic carbocycles. The predicted octanol–water partition coefficient (Wildman–Crippen LogP) is 1.21. The van der Waals surface area contributed by atoms with Crippen molar-refractivity contribution in [1.29, 1.82) is 0 Å². The Kier molecular flexibility index (Phi) is 4.23. The van der Waals surface area contributed by atoms with Crippen LogP contribution in [0.4, 0.5) is 5.69 Å². The first-order chi connectivity index (χ1) is 8.99. The van der Waals surface area contributed by atoms with Crippen molar-refractivity contribution in [3.8, 4) is 0 Å². The molecule has 1 heterocycles. The van der Waals surface area contributed by atoms with Gasteiger partial charge in [0, 0.05) is 35.6 Å². The molecule has 0 amide bonds. The van der Waals surface area contributed by atoms with E-state index in [0.29, 0.717) is 16.7 Å². The number of imidazole rings is 1. The molecule has 0 saturated heterocycles. The number of aromatic nitrogens is 2. The number of hydrogen-bond donors (Lipinski definition) is 2. The molecule has 0 fully saturated rings. The van der Waals surface area contributed by atoms with E-state index in [1.165, 1.54) is 6.07 Å². The summed E-state index contributed by atoms with van der Waals surface area (Å²) in [4.78, 5) is 4.06. The lowest BCUT2D eigenvalue weighted by Crippen LogP contribution is -2.27. The fourth-order valence-corrected chi connectivity index (χ4v) is 3.66. The second-order valence-corrected chi connectivity index (χ2v) is 6.48. The van der Waals surface area contributed by atoms with Crippen LogP contribution in [0.3, 0.4) is 0 Å². The smallest absolute Gasteiger partial charge is 0.241 e. The lowest BCUT2D eigenvalue weighted by molar-refractivity contribution is 0.572.